The zero-order chi connectivity index (χ0) is 16.8. The van der Waals surface area contributed by atoms with Crippen LogP contribution in [0, 0.1) is 0 Å². The van der Waals surface area contributed by atoms with Crippen molar-refractivity contribution in [3.05, 3.63) is 24.3 Å². The van der Waals surface area contributed by atoms with E-state index < -0.39 is 5.60 Å². The molecular weight excluding hydrogens is 300 g/mol. The summed E-state index contributed by atoms with van der Waals surface area (Å²) in [6.07, 6.45) is -0.327. The minimum atomic E-state index is -0.505. The van der Waals surface area contributed by atoms with Gasteiger partial charge in [-0.2, -0.15) is 4.36 Å². The summed E-state index contributed by atoms with van der Waals surface area (Å²) < 4.78 is 14.7. The molecule has 122 valence electrons. The minimum absolute atomic E-state index is 0.0415. The maximum atomic E-state index is 12.2. The molecule has 22 heavy (non-hydrogen) atoms. The van der Waals surface area contributed by atoms with Crippen LogP contribution in [0.1, 0.15) is 34.6 Å². The lowest BCUT2D eigenvalue weighted by molar-refractivity contribution is 0.0164. The molecule has 0 saturated heterocycles. The number of carbonyl (C=O) groups excluding carboxylic acids is 1. The Labute approximate surface area is 137 Å². The summed E-state index contributed by atoms with van der Waals surface area (Å²) in [7, 11) is 0. The molecule has 1 amide bonds. The van der Waals surface area contributed by atoms with Gasteiger partial charge in [0.15, 0.2) is 0 Å². The van der Waals surface area contributed by atoms with Crippen molar-refractivity contribution in [3.63, 3.8) is 0 Å². The summed E-state index contributed by atoms with van der Waals surface area (Å²) in [6, 6.07) is 7.23. The van der Waals surface area contributed by atoms with Gasteiger partial charge in [-0.25, -0.2) is 4.79 Å². The molecule has 6 heteroatoms. The zero-order valence-electron chi connectivity index (χ0n) is 13.8. The summed E-state index contributed by atoms with van der Waals surface area (Å²) in [6.45, 7) is 10.3. The molecule has 1 rings (SSSR count). The van der Waals surface area contributed by atoms with Gasteiger partial charge in [0.05, 0.1) is 12.2 Å². The number of hydrogen-bond acceptors (Lipinski definition) is 5. The van der Waals surface area contributed by atoms with Crippen molar-refractivity contribution in [3.8, 4) is 5.75 Å². The highest BCUT2D eigenvalue weighted by Crippen LogP contribution is 2.18. The first-order chi connectivity index (χ1) is 10.2. The Morgan fingerprint density at radius 2 is 1.86 bits per heavy atom. The molecule has 0 aromatic heterocycles. The monoisotopic (exact) mass is 324 g/mol. The minimum Gasteiger partial charge on any atom is -0.492 e. The first-order valence-electron chi connectivity index (χ1n) is 7.29. The van der Waals surface area contributed by atoms with Crippen molar-refractivity contribution in [1.82, 2.24) is 4.90 Å². The van der Waals surface area contributed by atoms with E-state index in [0.717, 1.165) is 11.4 Å². The number of carbonyl (C=O) groups is 1. The van der Waals surface area contributed by atoms with E-state index in [2.05, 4.69) is 16.8 Å². The van der Waals surface area contributed by atoms with Crippen LogP contribution in [0.4, 0.5) is 10.5 Å². The highest BCUT2D eigenvalue weighted by atomic mass is 32.1. The summed E-state index contributed by atoms with van der Waals surface area (Å²) in [5.41, 5.74) is 0.217. The highest BCUT2D eigenvalue weighted by Gasteiger charge is 2.23. The van der Waals surface area contributed by atoms with E-state index in [1.165, 1.54) is 0 Å². The number of hydrogen-bond donors (Lipinski definition) is 0. The molecule has 5 nitrogen and oxygen atoms in total. The lowest BCUT2D eigenvalue weighted by Gasteiger charge is -2.30. The zero-order valence-corrected chi connectivity index (χ0v) is 14.6. The van der Waals surface area contributed by atoms with E-state index in [1.807, 2.05) is 34.6 Å². The molecule has 0 radical (unpaired) electrons. The van der Waals surface area contributed by atoms with Crippen molar-refractivity contribution >= 4 is 24.2 Å². The van der Waals surface area contributed by atoms with E-state index in [4.69, 9.17) is 9.47 Å². The molecule has 0 aliphatic heterocycles. The molecule has 0 bridgehead atoms. The van der Waals surface area contributed by atoms with E-state index in [0.29, 0.717) is 13.2 Å². The Morgan fingerprint density at radius 3 is 2.32 bits per heavy atom. The molecule has 0 spiro atoms. The molecule has 0 aliphatic carbocycles. The van der Waals surface area contributed by atoms with E-state index in [-0.39, 0.29) is 12.1 Å². The number of benzene rings is 1. The first-order valence-corrected chi connectivity index (χ1v) is 7.65. The maximum Gasteiger partial charge on any atom is 0.410 e. The van der Waals surface area contributed by atoms with Crippen LogP contribution in [0.25, 0.3) is 0 Å². The fourth-order valence-corrected chi connectivity index (χ4v) is 1.87. The van der Waals surface area contributed by atoms with Gasteiger partial charge in [-0.3, -0.25) is 0 Å². The molecule has 0 fully saturated rings. The molecule has 0 unspecified atom stereocenters. The Bertz CT molecular complexity index is 495. The Hall–Kier alpha value is -1.69. The lowest BCUT2D eigenvalue weighted by atomic mass is 10.2. The van der Waals surface area contributed by atoms with Crippen LogP contribution in [0.2, 0.25) is 0 Å². The molecule has 0 aliphatic rings. The topological polar surface area (TPSA) is 51.1 Å². The van der Waals surface area contributed by atoms with Gasteiger partial charge < -0.3 is 14.4 Å². The summed E-state index contributed by atoms with van der Waals surface area (Å²) in [5, 5.41) is 0. The Morgan fingerprint density at radius 1 is 1.27 bits per heavy atom. The van der Waals surface area contributed by atoms with E-state index in [9.17, 15) is 4.79 Å². The van der Waals surface area contributed by atoms with Crippen LogP contribution >= 0.6 is 0 Å². The predicted molar refractivity (Wildman–Crippen MR) is 89.5 cm³/mol. The van der Waals surface area contributed by atoms with Crippen LogP contribution in [-0.4, -0.2) is 35.8 Å². The van der Waals surface area contributed by atoms with Crippen LogP contribution < -0.4 is 4.74 Å². The molecule has 0 N–H and O–H groups in total. The van der Waals surface area contributed by atoms with Gasteiger partial charge in [0, 0.05) is 18.5 Å². The fraction of sp³-hybridized carbons (Fsp3) is 0.562. The SMILES string of the molecule is CC(C)N(CCOc1ccc(N=S)cc1)C(=O)OC(C)(C)C. The van der Waals surface area contributed by atoms with Gasteiger partial charge in [-0.1, -0.05) is 0 Å². The van der Waals surface area contributed by atoms with Crippen molar-refractivity contribution in [1.29, 1.82) is 0 Å². The lowest BCUT2D eigenvalue weighted by Crippen LogP contribution is -2.43. The van der Waals surface area contributed by atoms with Crippen molar-refractivity contribution in [2.24, 2.45) is 4.36 Å². The average molecular weight is 324 g/mol. The second-order valence-corrected chi connectivity index (χ2v) is 6.38. The van der Waals surface area contributed by atoms with Crippen LogP contribution in [0.3, 0.4) is 0 Å². The van der Waals surface area contributed by atoms with Crippen molar-refractivity contribution in [2.75, 3.05) is 13.2 Å². The summed E-state index contributed by atoms with van der Waals surface area (Å²) in [4.78, 5) is 13.8. The van der Waals surface area contributed by atoms with Crippen LogP contribution in [-0.2, 0) is 17.2 Å². The third-order valence-corrected chi connectivity index (χ3v) is 3.01. The number of amides is 1. The molecule has 0 saturated carbocycles. The Balaban J connectivity index is 2.53. The fourth-order valence-electron chi connectivity index (χ4n) is 1.75. The normalized spacial score (nSPS) is 11.2. The van der Waals surface area contributed by atoms with Crippen LogP contribution in [0.15, 0.2) is 28.6 Å². The third kappa shape index (κ3) is 6.39. The highest BCUT2D eigenvalue weighted by molar-refractivity contribution is 7.47. The number of rotatable bonds is 6. The first kappa shape index (κ1) is 18.4. The van der Waals surface area contributed by atoms with E-state index in [1.54, 1.807) is 29.2 Å². The van der Waals surface area contributed by atoms with Crippen molar-refractivity contribution in [2.45, 2.75) is 46.3 Å². The second-order valence-electron chi connectivity index (χ2n) is 6.20. The van der Waals surface area contributed by atoms with Gasteiger partial charge in [0.25, 0.3) is 0 Å². The number of nitrogens with zero attached hydrogens (tertiary/aromatic N) is 2. The molecule has 0 heterocycles. The van der Waals surface area contributed by atoms with Crippen molar-refractivity contribution < 1.29 is 14.3 Å². The molecule has 1 aromatic rings. The van der Waals surface area contributed by atoms with E-state index >= 15 is 0 Å². The summed E-state index contributed by atoms with van der Waals surface area (Å²) in [5.74, 6) is 0.718. The van der Waals surface area contributed by atoms with Crippen LogP contribution in [0.5, 0.6) is 5.75 Å². The van der Waals surface area contributed by atoms with Gasteiger partial charge in [0.1, 0.15) is 18.0 Å². The Kier molecular flexibility index (Phi) is 6.74. The van der Waals surface area contributed by atoms with Gasteiger partial charge >= 0.3 is 6.09 Å². The quantitative estimate of drug-likeness (QED) is 0.791. The standard InChI is InChI=1S/C16H24N2O3S/c1-12(2)18(15(19)21-16(3,4)5)10-11-20-14-8-6-13(17-22)7-9-14/h6-9,12H,10-11H2,1-5H3. The van der Waals surface area contributed by atoms with Gasteiger partial charge in [-0.15, -0.1) is 0 Å². The molecule has 0 atom stereocenters. The number of ether oxygens (including phenoxy) is 2. The second kappa shape index (κ2) is 8.08. The average Bonchev–Trinajstić information content (AvgIpc) is 2.41. The van der Waals surface area contributed by atoms with Gasteiger partial charge in [-0.05, 0) is 58.9 Å². The molecular formula is C16H24N2O3S. The third-order valence-electron chi connectivity index (χ3n) is 2.79. The maximum absolute atomic E-state index is 12.2. The van der Waals surface area contributed by atoms with Gasteiger partial charge in [0.2, 0.25) is 0 Å². The molecule has 1 aromatic carbocycles. The largest absolute Gasteiger partial charge is 0.492 e. The predicted octanol–water partition coefficient (Wildman–Crippen LogP) is 4.07. The summed E-state index contributed by atoms with van der Waals surface area (Å²) >= 11 is 4.61. The smallest absolute Gasteiger partial charge is 0.410 e.